The number of para-hydroxylation sites is 1. The first kappa shape index (κ1) is 21.9. The van der Waals surface area contributed by atoms with E-state index in [-0.39, 0.29) is 5.56 Å². The quantitative estimate of drug-likeness (QED) is 0.450. The molecule has 2 rings (SSSR count). The average Bonchev–Trinajstić information content (AvgIpc) is 2.71. The molecule has 2 aromatic carbocycles. The second-order valence-corrected chi connectivity index (χ2v) is 6.47. The highest BCUT2D eigenvalue weighted by atomic mass is 35.5. The van der Waals surface area contributed by atoms with Gasteiger partial charge in [0, 0.05) is 42.7 Å². The molecule has 0 heterocycles. The molecule has 0 atom stereocenters. The molecule has 0 aliphatic rings. The Morgan fingerprint density at radius 2 is 1.75 bits per heavy atom. The number of carbonyl (C=O) groups is 1. The number of aliphatic imine (C=N–C) groups is 1. The van der Waals surface area contributed by atoms with Crippen molar-refractivity contribution in [2.24, 2.45) is 4.99 Å². The third-order valence-corrected chi connectivity index (χ3v) is 4.40. The van der Waals surface area contributed by atoms with E-state index in [0.717, 1.165) is 5.69 Å². The van der Waals surface area contributed by atoms with Crippen molar-refractivity contribution in [3.8, 4) is 11.5 Å². The summed E-state index contributed by atoms with van der Waals surface area (Å²) in [5.74, 6) is 1.03. The van der Waals surface area contributed by atoms with E-state index in [1.165, 1.54) is 6.07 Å². The first-order valence-electron chi connectivity index (χ1n) is 8.55. The maximum absolute atomic E-state index is 11.4. The normalized spacial score (nSPS) is 10.9. The van der Waals surface area contributed by atoms with Gasteiger partial charge in [-0.05, 0) is 18.2 Å². The van der Waals surface area contributed by atoms with E-state index < -0.39 is 5.97 Å². The minimum Gasteiger partial charge on any atom is -0.496 e. The first-order chi connectivity index (χ1) is 13.5. The molecule has 0 saturated heterocycles. The van der Waals surface area contributed by atoms with Crippen LogP contribution in [-0.4, -0.2) is 56.4 Å². The SMILES string of the molecule is COc1cc(N(CCCl)CCCl)c(OC)cc1C=Nc1ccccc1C(=O)O. The lowest BCUT2D eigenvalue weighted by Gasteiger charge is -2.26. The van der Waals surface area contributed by atoms with Gasteiger partial charge in [-0.25, -0.2) is 4.79 Å². The van der Waals surface area contributed by atoms with E-state index in [2.05, 4.69) is 4.99 Å². The summed E-state index contributed by atoms with van der Waals surface area (Å²) >= 11 is 11.8. The van der Waals surface area contributed by atoms with Crippen molar-refractivity contribution < 1.29 is 19.4 Å². The summed E-state index contributed by atoms with van der Waals surface area (Å²) in [5.41, 5.74) is 1.94. The van der Waals surface area contributed by atoms with Gasteiger partial charge in [0.15, 0.2) is 0 Å². The lowest BCUT2D eigenvalue weighted by molar-refractivity contribution is 0.0698. The van der Waals surface area contributed by atoms with Crippen LogP contribution in [0.3, 0.4) is 0 Å². The number of alkyl halides is 2. The predicted octanol–water partition coefficient (Wildman–Crippen LogP) is 4.44. The number of carboxylic acids is 1. The van der Waals surface area contributed by atoms with Gasteiger partial charge in [-0.2, -0.15) is 0 Å². The summed E-state index contributed by atoms with van der Waals surface area (Å²) in [4.78, 5) is 17.7. The number of rotatable bonds is 10. The second-order valence-electron chi connectivity index (χ2n) is 5.71. The Bertz CT molecular complexity index is 837. The van der Waals surface area contributed by atoms with Crippen molar-refractivity contribution in [1.82, 2.24) is 0 Å². The summed E-state index contributed by atoms with van der Waals surface area (Å²) in [6.07, 6.45) is 1.56. The Morgan fingerprint density at radius 3 is 2.32 bits per heavy atom. The number of hydrogen-bond acceptors (Lipinski definition) is 5. The Morgan fingerprint density at radius 1 is 1.11 bits per heavy atom. The second kappa shape index (κ2) is 10.8. The van der Waals surface area contributed by atoms with E-state index in [4.69, 9.17) is 32.7 Å². The molecule has 2 aromatic rings. The van der Waals surface area contributed by atoms with E-state index in [9.17, 15) is 9.90 Å². The summed E-state index contributed by atoms with van der Waals surface area (Å²) < 4.78 is 11.0. The van der Waals surface area contributed by atoms with Crippen LogP contribution in [0, 0.1) is 0 Å². The van der Waals surface area contributed by atoms with Crippen molar-refractivity contribution in [1.29, 1.82) is 0 Å². The average molecular weight is 425 g/mol. The molecule has 0 fully saturated rings. The predicted molar refractivity (Wildman–Crippen MR) is 114 cm³/mol. The van der Waals surface area contributed by atoms with Gasteiger partial charge in [-0.15, -0.1) is 23.2 Å². The number of aromatic carboxylic acids is 1. The number of carboxylic acid groups (broad SMARTS) is 1. The smallest absolute Gasteiger partial charge is 0.337 e. The van der Waals surface area contributed by atoms with E-state index in [1.807, 2.05) is 11.0 Å². The third-order valence-electron chi connectivity index (χ3n) is 4.06. The molecule has 6 nitrogen and oxygen atoms in total. The molecular formula is C20H22Cl2N2O4. The van der Waals surface area contributed by atoms with Crippen LogP contribution >= 0.6 is 23.2 Å². The van der Waals surface area contributed by atoms with E-state index in [0.29, 0.717) is 47.6 Å². The van der Waals surface area contributed by atoms with Gasteiger partial charge in [0.25, 0.3) is 0 Å². The van der Waals surface area contributed by atoms with Crippen LogP contribution in [0.15, 0.2) is 41.4 Å². The monoisotopic (exact) mass is 424 g/mol. The highest BCUT2D eigenvalue weighted by Crippen LogP contribution is 2.35. The first-order valence-corrected chi connectivity index (χ1v) is 9.61. The fourth-order valence-corrected chi connectivity index (χ4v) is 3.12. The van der Waals surface area contributed by atoms with Crippen molar-refractivity contribution in [3.63, 3.8) is 0 Å². The number of halogens is 2. The molecule has 1 N–H and O–H groups in total. The van der Waals surface area contributed by atoms with Crippen molar-refractivity contribution in [2.75, 3.05) is 44.0 Å². The molecule has 0 aliphatic heterocycles. The highest BCUT2D eigenvalue weighted by Gasteiger charge is 2.16. The molecule has 0 spiro atoms. The number of hydrogen-bond donors (Lipinski definition) is 1. The molecule has 28 heavy (non-hydrogen) atoms. The van der Waals surface area contributed by atoms with Crippen molar-refractivity contribution in [2.45, 2.75) is 0 Å². The summed E-state index contributed by atoms with van der Waals surface area (Å²) in [6, 6.07) is 10.2. The van der Waals surface area contributed by atoms with Crippen LogP contribution in [0.4, 0.5) is 11.4 Å². The molecule has 8 heteroatoms. The van der Waals surface area contributed by atoms with Crippen molar-refractivity contribution >= 4 is 46.8 Å². The van der Waals surface area contributed by atoms with Gasteiger partial charge < -0.3 is 19.5 Å². The molecule has 0 aromatic heterocycles. The van der Waals surface area contributed by atoms with E-state index in [1.54, 1.807) is 44.7 Å². The summed E-state index contributed by atoms with van der Waals surface area (Å²) in [6.45, 7) is 1.21. The molecule has 0 unspecified atom stereocenters. The van der Waals surface area contributed by atoms with Crippen LogP contribution in [0.25, 0.3) is 0 Å². The number of anilines is 1. The molecule has 0 saturated carbocycles. The Hall–Kier alpha value is -2.44. The Balaban J connectivity index is 2.47. The minimum absolute atomic E-state index is 0.122. The molecular weight excluding hydrogens is 403 g/mol. The molecule has 0 bridgehead atoms. The van der Waals surface area contributed by atoms with Crippen LogP contribution < -0.4 is 14.4 Å². The number of methoxy groups -OCH3 is 2. The zero-order chi connectivity index (χ0) is 20.5. The van der Waals surface area contributed by atoms with E-state index >= 15 is 0 Å². The number of ether oxygens (including phenoxy) is 2. The minimum atomic E-state index is -1.04. The van der Waals surface area contributed by atoms with Gasteiger partial charge >= 0.3 is 5.97 Å². The van der Waals surface area contributed by atoms with Crippen LogP contribution in [0.1, 0.15) is 15.9 Å². The Kier molecular flexibility index (Phi) is 8.42. The Labute approximate surface area is 174 Å². The summed E-state index contributed by atoms with van der Waals surface area (Å²) in [5, 5.41) is 9.30. The van der Waals surface area contributed by atoms with Crippen LogP contribution in [0.5, 0.6) is 11.5 Å². The van der Waals surface area contributed by atoms with Gasteiger partial charge in [0.2, 0.25) is 0 Å². The maximum Gasteiger partial charge on any atom is 0.337 e. The van der Waals surface area contributed by atoms with Crippen LogP contribution in [-0.2, 0) is 0 Å². The molecule has 0 amide bonds. The maximum atomic E-state index is 11.4. The molecule has 150 valence electrons. The highest BCUT2D eigenvalue weighted by molar-refractivity contribution is 6.18. The van der Waals surface area contributed by atoms with Gasteiger partial charge in [-0.1, -0.05) is 12.1 Å². The zero-order valence-corrected chi connectivity index (χ0v) is 17.2. The molecule has 0 radical (unpaired) electrons. The molecule has 0 aliphatic carbocycles. The van der Waals surface area contributed by atoms with Gasteiger partial charge in [0.05, 0.1) is 31.2 Å². The zero-order valence-electron chi connectivity index (χ0n) is 15.7. The fraction of sp³-hybridized carbons (Fsp3) is 0.300. The standard InChI is InChI=1S/C20H22Cl2N2O4/c1-27-18-12-17(24(9-7-21)10-8-22)19(28-2)11-14(18)13-23-16-6-4-3-5-15(16)20(25)26/h3-6,11-13H,7-10H2,1-2H3,(H,25,26). The number of benzene rings is 2. The van der Waals surface area contributed by atoms with Gasteiger partial charge in [0.1, 0.15) is 11.5 Å². The fourth-order valence-electron chi connectivity index (χ4n) is 2.72. The van der Waals surface area contributed by atoms with Crippen LogP contribution in [0.2, 0.25) is 0 Å². The number of nitrogens with zero attached hydrogens (tertiary/aromatic N) is 2. The van der Waals surface area contributed by atoms with Gasteiger partial charge in [-0.3, -0.25) is 4.99 Å². The lowest BCUT2D eigenvalue weighted by atomic mass is 10.1. The summed E-state index contributed by atoms with van der Waals surface area (Å²) in [7, 11) is 3.13. The largest absolute Gasteiger partial charge is 0.496 e. The third kappa shape index (κ3) is 5.30. The van der Waals surface area contributed by atoms with Crippen molar-refractivity contribution in [3.05, 3.63) is 47.5 Å². The topological polar surface area (TPSA) is 71.4 Å². The lowest BCUT2D eigenvalue weighted by Crippen LogP contribution is -2.28.